The monoisotopic (exact) mass is 226 g/mol. The van der Waals surface area contributed by atoms with Crippen LogP contribution in [0.1, 0.15) is 24.5 Å². The lowest BCUT2D eigenvalue weighted by Crippen LogP contribution is -2.48. The molecule has 0 saturated carbocycles. The number of carbonyl (C=O) groups excluding carboxylic acids is 1. The molecule has 0 radical (unpaired) electrons. The third-order valence-corrected chi connectivity index (χ3v) is 2.61. The number of nitrogens with one attached hydrogen (secondary N) is 2. The topological polar surface area (TPSA) is 99.9 Å². The van der Waals surface area contributed by atoms with E-state index in [-0.39, 0.29) is 23.2 Å². The van der Waals surface area contributed by atoms with Crippen molar-refractivity contribution in [3.63, 3.8) is 0 Å². The number of aromatic amines is 1. The number of amides is 1. The third-order valence-electron chi connectivity index (χ3n) is 2.61. The summed E-state index contributed by atoms with van der Waals surface area (Å²) in [5.74, 6) is -0.108. The van der Waals surface area contributed by atoms with E-state index in [9.17, 15) is 4.79 Å². The summed E-state index contributed by atoms with van der Waals surface area (Å²) in [6.07, 6.45) is 0. The Hall–Kier alpha value is -1.63. The Bertz CT molecular complexity index is 370. The SMILES string of the molecule is CN(C)C(C)(C)CNC(=O)c1nc(N)n[nH]1. The molecule has 0 aliphatic carbocycles. The van der Waals surface area contributed by atoms with Gasteiger partial charge in [0, 0.05) is 12.1 Å². The second-order valence-corrected chi connectivity index (χ2v) is 4.43. The van der Waals surface area contributed by atoms with Crippen LogP contribution in [0, 0.1) is 0 Å². The molecule has 0 aliphatic heterocycles. The van der Waals surface area contributed by atoms with Gasteiger partial charge in [-0.25, -0.2) is 0 Å². The molecule has 1 aromatic heterocycles. The second-order valence-electron chi connectivity index (χ2n) is 4.43. The lowest BCUT2D eigenvalue weighted by molar-refractivity contribution is 0.0910. The van der Waals surface area contributed by atoms with Crippen LogP contribution in [-0.2, 0) is 0 Å². The number of nitrogens with zero attached hydrogens (tertiary/aromatic N) is 3. The van der Waals surface area contributed by atoms with Gasteiger partial charge < -0.3 is 16.0 Å². The largest absolute Gasteiger partial charge is 0.366 e. The highest BCUT2D eigenvalue weighted by molar-refractivity contribution is 5.90. The maximum Gasteiger partial charge on any atom is 0.288 e. The van der Waals surface area contributed by atoms with E-state index in [4.69, 9.17) is 5.73 Å². The molecule has 0 spiro atoms. The summed E-state index contributed by atoms with van der Waals surface area (Å²) >= 11 is 0. The Kier molecular flexibility index (Phi) is 3.48. The van der Waals surface area contributed by atoms with Crippen molar-refractivity contribution in [2.75, 3.05) is 26.4 Å². The number of hydrogen-bond acceptors (Lipinski definition) is 5. The van der Waals surface area contributed by atoms with Gasteiger partial charge >= 0.3 is 0 Å². The number of aromatic nitrogens is 3. The van der Waals surface area contributed by atoms with Crippen molar-refractivity contribution in [1.82, 2.24) is 25.4 Å². The molecule has 0 aliphatic rings. The fourth-order valence-electron chi connectivity index (χ4n) is 0.915. The van der Waals surface area contributed by atoms with Gasteiger partial charge in [-0.3, -0.25) is 9.89 Å². The summed E-state index contributed by atoms with van der Waals surface area (Å²) in [5.41, 5.74) is 5.18. The molecule has 0 atom stereocenters. The molecule has 16 heavy (non-hydrogen) atoms. The van der Waals surface area contributed by atoms with Crippen LogP contribution in [0.3, 0.4) is 0 Å². The molecular weight excluding hydrogens is 208 g/mol. The summed E-state index contributed by atoms with van der Waals surface area (Å²) in [6, 6.07) is 0. The summed E-state index contributed by atoms with van der Waals surface area (Å²) in [4.78, 5) is 17.4. The molecule has 0 aromatic carbocycles. The summed E-state index contributed by atoms with van der Waals surface area (Å²) in [6.45, 7) is 4.57. The Morgan fingerprint density at radius 3 is 2.62 bits per heavy atom. The van der Waals surface area contributed by atoms with Crippen LogP contribution in [-0.4, -0.2) is 52.2 Å². The second kappa shape index (κ2) is 4.48. The van der Waals surface area contributed by atoms with Crippen molar-refractivity contribution < 1.29 is 4.79 Å². The first-order valence-corrected chi connectivity index (χ1v) is 4.96. The van der Waals surface area contributed by atoms with Crippen LogP contribution >= 0.6 is 0 Å². The highest BCUT2D eigenvalue weighted by Gasteiger charge is 2.22. The number of rotatable bonds is 4. The average molecular weight is 226 g/mol. The van der Waals surface area contributed by atoms with Gasteiger partial charge in [0.15, 0.2) is 0 Å². The average Bonchev–Trinajstić information content (AvgIpc) is 2.61. The zero-order valence-electron chi connectivity index (χ0n) is 10.0. The molecular formula is C9H18N6O. The van der Waals surface area contributed by atoms with Crippen LogP contribution in [0.5, 0.6) is 0 Å². The number of likely N-dealkylation sites (N-methyl/N-ethyl adjacent to an activating group) is 1. The van der Waals surface area contributed by atoms with E-state index >= 15 is 0 Å². The van der Waals surface area contributed by atoms with E-state index in [0.717, 1.165) is 0 Å². The highest BCUT2D eigenvalue weighted by Crippen LogP contribution is 2.07. The fraction of sp³-hybridized carbons (Fsp3) is 0.667. The van der Waals surface area contributed by atoms with Gasteiger partial charge in [0.1, 0.15) is 0 Å². The number of H-pyrrole nitrogens is 1. The van der Waals surface area contributed by atoms with Crippen molar-refractivity contribution in [2.24, 2.45) is 0 Å². The molecule has 1 heterocycles. The van der Waals surface area contributed by atoms with E-state index < -0.39 is 0 Å². The minimum absolute atomic E-state index is 0.0667. The van der Waals surface area contributed by atoms with Crippen molar-refractivity contribution in [2.45, 2.75) is 19.4 Å². The first kappa shape index (κ1) is 12.4. The molecule has 1 aromatic rings. The molecule has 7 heteroatoms. The Balaban J connectivity index is 2.54. The van der Waals surface area contributed by atoms with Gasteiger partial charge in [0.2, 0.25) is 11.8 Å². The number of hydrogen-bond donors (Lipinski definition) is 3. The number of anilines is 1. The smallest absolute Gasteiger partial charge is 0.288 e. The van der Waals surface area contributed by atoms with E-state index in [1.54, 1.807) is 0 Å². The van der Waals surface area contributed by atoms with Crippen molar-refractivity contribution in [3.8, 4) is 0 Å². The van der Waals surface area contributed by atoms with Gasteiger partial charge in [-0.1, -0.05) is 0 Å². The fourth-order valence-corrected chi connectivity index (χ4v) is 0.915. The van der Waals surface area contributed by atoms with E-state index in [1.807, 2.05) is 32.8 Å². The van der Waals surface area contributed by atoms with E-state index in [2.05, 4.69) is 20.5 Å². The van der Waals surface area contributed by atoms with E-state index in [0.29, 0.717) is 6.54 Å². The quantitative estimate of drug-likeness (QED) is 0.640. The Morgan fingerprint density at radius 2 is 2.19 bits per heavy atom. The molecule has 90 valence electrons. The molecule has 0 saturated heterocycles. The standard InChI is InChI=1S/C9H18N6O/c1-9(2,15(3)4)5-11-7(16)6-12-8(10)14-13-6/h5H2,1-4H3,(H,11,16)(H3,10,12,13,14). The molecule has 0 bridgehead atoms. The summed E-state index contributed by atoms with van der Waals surface area (Å²) in [7, 11) is 3.91. The maximum absolute atomic E-state index is 11.6. The normalized spacial score (nSPS) is 11.8. The molecule has 7 nitrogen and oxygen atoms in total. The predicted molar refractivity (Wildman–Crippen MR) is 60.9 cm³/mol. The van der Waals surface area contributed by atoms with Gasteiger partial charge in [-0.15, -0.1) is 5.10 Å². The van der Waals surface area contributed by atoms with Crippen molar-refractivity contribution in [1.29, 1.82) is 0 Å². The lowest BCUT2D eigenvalue weighted by atomic mass is 10.0. The molecule has 1 rings (SSSR count). The molecule has 1 amide bonds. The highest BCUT2D eigenvalue weighted by atomic mass is 16.2. The minimum Gasteiger partial charge on any atom is -0.366 e. The van der Waals surface area contributed by atoms with Gasteiger partial charge in [-0.05, 0) is 27.9 Å². The number of nitrogens with two attached hydrogens (primary N) is 1. The van der Waals surface area contributed by atoms with Crippen molar-refractivity contribution in [3.05, 3.63) is 5.82 Å². The van der Waals surface area contributed by atoms with Crippen molar-refractivity contribution >= 4 is 11.9 Å². The van der Waals surface area contributed by atoms with Crippen LogP contribution in [0.25, 0.3) is 0 Å². The van der Waals surface area contributed by atoms with Crippen LogP contribution in [0.2, 0.25) is 0 Å². The predicted octanol–water partition coefficient (Wildman–Crippen LogP) is -0.543. The van der Waals surface area contributed by atoms with Gasteiger partial charge in [-0.2, -0.15) is 4.98 Å². The Morgan fingerprint density at radius 1 is 1.56 bits per heavy atom. The molecule has 0 fully saturated rings. The van der Waals surface area contributed by atoms with E-state index in [1.165, 1.54) is 0 Å². The van der Waals surface area contributed by atoms with Gasteiger partial charge in [0.25, 0.3) is 5.91 Å². The molecule has 4 N–H and O–H groups in total. The van der Waals surface area contributed by atoms with Crippen LogP contribution < -0.4 is 11.1 Å². The first-order valence-electron chi connectivity index (χ1n) is 4.96. The zero-order chi connectivity index (χ0) is 12.3. The summed E-state index contributed by atoms with van der Waals surface area (Å²) < 4.78 is 0. The van der Waals surface area contributed by atoms with Crippen LogP contribution in [0.15, 0.2) is 0 Å². The third kappa shape index (κ3) is 2.93. The van der Waals surface area contributed by atoms with Gasteiger partial charge in [0.05, 0.1) is 0 Å². The first-order chi connectivity index (χ1) is 7.33. The minimum atomic E-state index is -0.306. The number of carbonyl (C=O) groups is 1. The van der Waals surface area contributed by atoms with Crippen LogP contribution in [0.4, 0.5) is 5.95 Å². The number of nitrogen functional groups attached to an aromatic ring is 1. The zero-order valence-corrected chi connectivity index (χ0v) is 10.0. The maximum atomic E-state index is 11.6. The molecule has 0 unspecified atom stereocenters. The Labute approximate surface area is 94.4 Å². The lowest BCUT2D eigenvalue weighted by Gasteiger charge is -2.32. The summed E-state index contributed by atoms with van der Waals surface area (Å²) in [5, 5.41) is 8.81.